The monoisotopic (exact) mass is 1260 g/mol. The van der Waals surface area contributed by atoms with Crippen LogP contribution < -0.4 is 18.3 Å². The molecular formula is C83H95F3N8+4. The summed E-state index contributed by atoms with van der Waals surface area (Å²) < 4.78 is 48.7. The minimum atomic E-state index is -0.201. The molecule has 0 N–H and O–H groups in total. The first-order valence-electron chi connectivity index (χ1n) is 33.7. The molecule has 4 heterocycles. The normalized spacial score (nSPS) is 11.4. The molecule has 94 heavy (non-hydrogen) atoms. The first-order chi connectivity index (χ1) is 45.2. The van der Waals surface area contributed by atoms with Crippen molar-refractivity contribution in [1.82, 2.24) is 19.9 Å². The Kier molecular flexibility index (Phi) is 23.0. The van der Waals surface area contributed by atoms with Crippen molar-refractivity contribution in [2.75, 3.05) is 0 Å². The first-order valence-corrected chi connectivity index (χ1v) is 33.7. The van der Waals surface area contributed by atoms with Gasteiger partial charge in [0.25, 0.3) is 25.3 Å². The second-order valence-corrected chi connectivity index (χ2v) is 25.8. The zero-order chi connectivity index (χ0) is 67.5. The van der Waals surface area contributed by atoms with E-state index in [9.17, 15) is 13.2 Å². The number of fused-ring (bicyclic) bond motifs is 4. The highest BCUT2D eigenvalue weighted by Gasteiger charge is 2.24. The number of para-hydroxylation sites is 1. The van der Waals surface area contributed by atoms with E-state index in [1.807, 2.05) is 99.1 Å². The molecule has 0 saturated heterocycles. The Morgan fingerprint density at radius 3 is 1.24 bits per heavy atom. The fourth-order valence-corrected chi connectivity index (χ4v) is 13.6. The summed E-state index contributed by atoms with van der Waals surface area (Å²) in [5, 5.41) is 4.58. The second-order valence-electron chi connectivity index (χ2n) is 25.8. The minimum absolute atomic E-state index is 0.199. The van der Waals surface area contributed by atoms with Gasteiger partial charge in [-0.2, -0.15) is 0 Å². The third-order valence-corrected chi connectivity index (χ3v) is 18.8. The van der Waals surface area contributed by atoms with E-state index in [-0.39, 0.29) is 17.5 Å². The smallest absolute Gasteiger partial charge is 0.232 e. The van der Waals surface area contributed by atoms with E-state index in [4.69, 9.17) is 4.98 Å². The van der Waals surface area contributed by atoms with E-state index in [1.165, 1.54) is 75.5 Å². The lowest BCUT2D eigenvalue weighted by molar-refractivity contribution is -0.662. The van der Waals surface area contributed by atoms with Crippen molar-refractivity contribution in [2.24, 2.45) is 34.1 Å². The van der Waals surface area contributed by atoms with Gasteiger partial charge in [-0.15, -0.1) is 0 Å². The van der Waals surface area contributed by atoms with Crippen LogP contribution in [0.2, 0.25) is 0 Å². The molecule has 8 nitrogen and oxygen atoms in total. The first kappa shape index (κ1) is 69.3. The SMILES string of the molecule is CCC(CC)c1ccc2c(-c3ccccc3C)[n+](C)cnc2c1.CCC(CC)c1ccc2nc[n+](C)c(-c3ccc(F)cc3C)c2c1.CCC(CC)c1cccc2c(-c3ccc(F)cc3C)[n+](C)cnc12.Cc1cc(F)ccc1-c1c2cc(CC(C)C)ccc2nc[n+]1C. The molecule has 0 spiro atoms. The van der Waals surface area contributed by atoms with Gasteiger partial charge in [-0.3, -0.25) is 0 Å². The van der Waals surface area contributed by atoms with Gasteiger partial charge in [0.1, 0.15) is 40.2 Å². The van der Waals surface area contributed by atoms with Crippen LogP contribution in [0.4, 0.5) is 13.2 Å². The lowest BCUT2D eigenvalue weighted by Crippen LogP contribution is -2.32. The maximum absolute atomic E-state index is 13.5. The van der Waals surface area contributed by atoms with Crippen LogP contribution in [0.15, 0.2) is 177 Å². The molecule has 0 radical (unpaired) electrons. The van der Waals surface area contributed by atoms with Crippen molar-refractivity contribution in [3.05, 3.63) is 239 Å². The number of nitrogens with zero attached hydrogens (tertiary/aromatic N) is 8. The fourth-order valence-electron chi connectivity index (χ4n) is 13.6. The summed E-state index contributed by atoms with van der Waals surface area (Å²) in [6, 6.07) is 49.7. The van der Waals surface area contributed by atoms with Crippen molar-refractivity contribution < 1.29 is 31.4 Å². The zero-order valence-electron chi connectivity index (χ0n) is 58.2. The molecule has 0 unspecified atom stereocenters. The molecule has 0 bridgehead atoms. The van der Waals surface area contributed by atoms with E-state index < -0.39 is 0 Å². The average Bonchev–Trinajstić information content (AvgIpc) is 0.796. The topological polar surface area (TPSA) is 67.1 Å². The van der Waals surface area contributed by atoms with Crippen molar-refractivity contribution in [1.29, 1.82) is 0 Å². The summed E-state index contributed by atoms with van der Waals surface area (Å²) in [6.07, 6.45) is 15.3. The summed E-state index contributed by atoms with van der Waals surface area (Å²) >= 11 is 0. The van der Waals surface area contributed by atoms with Crippen LogP contribution in [0.3, 0.4) is 0 Å². The van der Waals surface area contributed by atoms with Crippen LogP contribution in [0.1, 0.15) is 156 Å². The molecule has 8 aromatic carbocycles. The molecule has 0 fully saturated rings. The molecule has 0 amide bonds. The van der Waals surface area contributed by atoms with Crippen molar-refractivity contribution in [2.45, 2.75) is 146 Å². The Hall–Kier alpha value is -9.09. The molecule has 12 aromatic rings. The van der Waals surface area contributed by atoms with Gasteiger partial charge >= 0.3 is 0 Å². The number of hydrogen-bond donors (Lipinski definition) is 0. The van der Waals surface area contributed by atoms with Crippen LogP contribution in [0.25, 0.3) is 88.6 Å². The van der Waals surface area contributed by atoms with Crippen molar-refractivity contribution in [3.8, 4) is 45.0 Å². The summed E-state index contributed by atoms with van der Waals surface area (Å²) in [4.78, 5) is 18.5. The second kappa shape index (κ2) is 31.2. The summed E-state index contributed by atoms with van der Waals surface area (Å²) in [5.74, 6) is 1.70. The van der Waals surface area contributed by atoms with Crippen molar-refractivity contribution in [3.63, 3.8) is 0 Å². The number of halogens is 3. The molecule has 12 rings (SSSR count). The fraction of sp³-hybridized carbons (Fsp3) is 0.325. The molecule has 0 aliphatic heterocycles. The zero-order valence-corrected chi connectivity index (χ0v) is 58.2. The molecule has 0 aliphatic carbocycles. The van der Waals surface area contributed by atoms with Crippen LogP contribution >= 0.6 is 0 Å². The Balaban J connectivity index is 0.000000148. The Morgan fingerprint density at radius 2 is 0.766 bits per heavy atom. The lowest BCUT2D eigenvalue weighted by Gasteiger charge is -2.14. The van der Waals surface area contributed by atoms with E-state index in [0.717, 1.165) is 121 Å². The third kappa shape index (κ3) is 15.4. The molecule has 0 saturated carbocycles. The van der Waals surface area contributed by atoms with Gasteiger partial charge in [0, 0.05) is 27.8 Å². The Morgan fingerprint density at radius 1 is 0.351 bits per heavy atom. The number of benzene rings is 8. The number of aromatic nitrogens is 8. The van der Waals surface area contributed by atoms with Gasteiger partial charge in [0.05, 0.1) is 49.7 Å². The molecule has 0 aliphatic rings. The third-order valence-electron chi connectivity index (χ3n) is 18.8. The molecule has 0 atom stereocenters. The van der Waals surface area contributed by atoms with E-state index in [2.05, 4.69) is 186 Å². The summed E-state index contributed by atoms with van der Waals surface area (Å²) in [6.45, 7) is 25.9. The maximum atomic E-state index is 13.5. The van der Waals surface area contributed by atoms with Crippen LogP contribution in [-0.2, 0) is 34.6 Å². The number of aryl methyl sites for hydroxylation is 8. The van der Waals surface area contributed by atoms with Gasteiger partial charge < -0.3 is 0 Å². The van der Waals surface area contributed by atoms with E-state index in [0.29, 0.717) is 23.7 Å². The van der Waals surface area contributed by atoms with Gasteiger partial charge in [-0.05, 0) is 252 Å². The van der Waals surface area contributed by atoms with Crippen LogP contribution in [0.5, 0.6) is 0 Å². The van der Waals surface area contributed by atoms with Crippen LogP contribution in [0, 0.1) is 51.1 Å². The molecule has 4 aromatic heterocycles. The molecular weight excluding hydrogens is 1170 g/mol. The largest absolute Gasteiger partial charge is 0.287 e. The van der Waals surface area contributed by atoms with E-state index >= 15 is 0 Å². The van der Waals surface area contributed by atoms with Crippen molar-refractivity contribution >= 4 is 43.6 Å². The minimum Gasteiger partial charge on any atom is -0.232 e. The quantitative estimate of drug-likeness (QED) is 0.0960. The number of rotatable bonds is 15. The average molecular weight is 1260 g/mol. The highest BCUT2D eigenvalue weighted by Crippen LogP contribution is 2.36. The lowest BCUT2D eigenvalue weighted by atomic mass is 9.90. The van der Waals surface area contributed by atoms with Gasteiger partial charge in [0.15, 0.2) is 22.1 Å². The highest BCUT2D eigenvalue weighted by molar-refractivity contribution is 5.95. The molecule has 484 valence electrons. The van der Waals surface area contributed by atoms with Gasteiger partial charge in [-0.1, -0.05) is 110 Å². The maximum Gasteiger partial charge on any atom is 0.287 e. The Bertz CT molecular complexity index is 4580. The van der Waals surface area contributed by atoms with E-state index in [1.54, 1.807) is 18.2 Å². The molecule has 11 heteroatoms. The highest BCUT2D eigenvalue weighted by atomic mass is 19.1. The van der Waals surface area contributed by atoms with Crippen LogP contribution in [-0.4, -0.2) is 19.9 Å². The van der Waals surface area contributed by atoms with Gasteiger partial charge in [-0.25, -0.2) is 31.4 Å². The predicted octanol–water partition coefficient (Wildman–Crippen LogP) is 19.5. The Labute approximate surface area is 556 Å². The number of hydrogen-bond acceptors (Lipinski definition) is 4. The van der Waals surface area contributed by atoms with Gasteiger partial charge in [0.2, 0.25) is 0 Å². The predicted molar refractivity (Wildman–Crippen MR) is 381 cm³/mol. The standard InChI is InChI=1S/2C21H24FN2.C21H25N2.C20H22FN2/c1-5-15(6-2)16-7-10-20-19(12-16)21(24(4)13-23-20)18-9-8-17(22)11-14(18)3;1-5-15(6-2)18-8-7-9-19-20(18)23-13-24(4)21(19)17-11-10-16(22)12-14(17)3;1-5-16(6-2)17-11-12-19-20(13-17)22-14-23(4)21(19)18-10-8-7-9-15(18)3;1-13(2)9-15-5-8-19-18(11-15)20(23(4)12-22-19)17-7-6-16(21)10-14(17)3/h2*7-13,15H,5-6H2,1-4H3;7-14,16H,5-6H2,1-4H3;5-8,10-13H,9H2,1-4H3/q4*+1. The summed E-state index contributed by atoms with van der Waals surface area (Å²) in [7, 11) is 8.05. The summed E-state index contributed by atoms with van der Waals surface area (Å²) in [5.41, 5.74) is 22.5.